The van der Waals surface area contributed by atoms with Crippen molar-refractivity contribution in [1.29, 1.82) is 0 Å². The van der Waals surface area contributed by atoms with Crippen LogP contribution in [0.25, 0.3) is 5.57 Å². The summed E-state index contributed by atoms with van der Waals surface area (Å²) in [5.74, 6) is 0.130. The minimum atomic E-state index is 0.0323. The number of hydrogen-bond donors (Lipinski definition) is 0. The smallest absolute Gasteiger partial charge is 0.192 e. The van der Waals surface area contributed by atoms with Crippen LogP contribution in [0.15, 0.2) is 83.3 Å². The molecule has 2 aliphatic rings. The van der Waals surface area contributed by atoms with E-state index in [1.165, 1.54) is 5.56 Å². The van der Waals surface area contributed by atoms with Crippen molar-refractivity contribution in [2.45, 2.75) is 10.1 Å². The number of halogens is 1. The van der Waals surface area contributed by atoms with E-state index in [0.29, 0.717) is 5.02 Å². The molecule has 25 heavy (non-hydrogen) atoms. The average Bonchev–Trinajstić information content (AvgIpc) is 2.96. The molecule has 0 unspecified atom stereocenters. The lowest BCUT2D eigenvalue weighted by atomic mass is 9.93. The first-order valence-corrected chi connectivity index (χ1v) is 9.39. The number of rotatable bonds is 1. The number of carbonyl (C=O) groups excluding carboxylic acids is 1. The molecule has 0 saturated heterocycles. The van der Waals surface area contributed by atoms with Crippen molar-refractivity contribution >= 4 is 34.7 Å². The van der Waals surface area contributed by atoms with Gasteiger partial charge in [0, 0.05) is 21.1 Å². The highest BCUT2D eigenvalue weighted by Gasteiger charge is 2.40. The summed E-state index contributed by atoms with van der Waals surface area (Å²) in [6.45, 7) is 0. The van der Waals surface area contributed by atoms with Crippen molar-refractivity contribution in [2.24, 2.45) is 0 Å². The van der Waals surface area contributed by atoms with Crippen molar-refractivity contribution in [3.8, 4) is 0 Å². The van der Waals surface area contributed by atoms with Crippen LogP contribution in [0.4, 0.5) is 0 Å². The van der Waals surface area contributed by atoms with Crippen molar-refractivity contribution in [2.75, 3.05) is 0 Å². The SMILES string of the molecule is O=C1C2=C(c3ccccc3)c3cc(Cl)ccc3[C@@H]2Sc2ccccc21. The molecule has 120 valence electrons. The van der Waals surface area contributed by atoms with E-state index in [2.05, 4.69) is 18.2 Å². The zero-order chi connectivity index (χ0) is 17.0. The number of thioether (sulfide) groups is 1. The Kier molecular flexibility index (Phi) is 3.37. The molecule has 1 aliphatic heterocycles. The first kappa shape index (κ1) is 15.0. The zero-order valence-corrected chi connectivity index (χ0v) is 14.8. The maximum atomic E-state index is 13.3. The third kappa shape index (κ3) is 2.21. The van der Waals surface area contributed by atoms with Crippen molar-refractivity contribution in [1.82, 2.24) is 0 Å². The van der Waals surface area contributed by atoms with Gasteiger partial charge in [0.1, 0.15) is 0 Å². The predicted octanol–water partition coefficient (Wildman–Crippen LogP) is 6.19. The number of Topliss-reactive ketones (excluding diaryl/α,β-unsaturated/α-hetero) is 1. The van der Waals surface area contributed by atoms with E-state index < -0.39 is 0 Å². The van der Waals surface area contributed by atoms with E-state index in [4.69, 9.17) is 11.6 Å². The quantitative estimate of drug-likeness (QED) is 0.515. The van der Waals surface area contributed by atoms with Crippen LogP contribution < -0.4 is 0 Å². The molecule has 0 bridgehead atoms. The van der Waals surface area contributed by atoms with Crippen molar-refractivity contribution < 1.29 is 4.79 Å². The van der Waals surface area contributed by atoms with Gasteiger partial charge in [-0.25, -0.2) is 0 Å². The molecule has 0 radical (unpaired) electrons. The number of carbonyl (C=O) groups is 1. The van der Waals surface area contributed by atoms with Crippen LogP contribution in [-0.2, 0) is 0 Å². The van der Waals surface area contributed by atoms with Crippen LogP contribution in [0.5, 0.6) is 0 Å². The number of hydrogen-bond acceptors (Lipinski definition) is 2. The monoisotopic (exact) mass is 360 g/mol. The van der Waals surface area contributed by atoms with Crippen molar-refractivity contribution in [3.05, 3.63) is 106 Å². The molecule has 0 saturated carbocycles. The van der Waals surface area contributed by atoms with Gasteiger partial charge in [0.25, 0.3) is 0 Å². The van der Waals surface area contributed by atoms with E-state index >= 15 is 0 Å². The molecule has 3 heteroatoms. The van der Waals surface area contributed by atoms with Gasteiger partial charge in [0.15, 0.2) is 5.78 Å². The second-order valence-corrected chi connectivity index (χ2v) is 7.79. The van der Waals surface area contributed by atoms with Gasteiger partial charge in [-0.1, -0.05) is 60.1 Å². The number of fused-ring (bicyclic) bond motifs is 4. The summed E-state index contributed by atoms with van der Waals surface area (Å²) in [6.07, 6.45) is 0. The second-order valence-electron chi connectivity index (χ2n) is 6.21. The third-order valence-corrected chi connectivity index (χ3v) is 6.35. The molecule has 0 spiro atoms. The topological polar surface area (TPSA) is 17.1 Å². The minimum Gasteiger partial charge on any atom is -0.289 e. The molecule has 0 amide bonds. The normalized spacial score (nSPS) is 18.0. The minimum absolute atomic E-state index is 0.0323. The summed E-state index contributed by atoms with van der Waals surface area (Å²) >= 11 is 8.04. The molecular weight excluding hydrogens is 348 g/mol. The molecule has 1 atom stereocenters. The summed E-state index contributed by atoms with van der Waals surface area (Å²) in [5, 5.41) is 0.728. The Hall–Kier alpha value is -2.29. The molecule has 3 aromatic carbocycles. The number of ketones is 1. The molecule has 1 aliphatic carbocycles. The van der Waals surface area contributed by atoms with Gasteiger partial charge in [0.05, 0.1) is 5.25 Å². The fourth-order valence-corrected chi connectivity index (χ4v) is 5.25. The molecule has 1 nitrogen and oxygen atoms in total. The fraction of sp³-hybridized carbons (Fsp3) is 0.0455. The Morgan fingerprint density at radius 1 is 0.840 bits per heavy atom. The van der Waals surface area contributed by atoms with Gasteiger partial charge in [0.2, 0.25) is 0 Å². The van der Waals surface area contributed by atoms with Crippen LogP contribution in [-0.4, -0.2) is 5.78 Å². The van der Waals surface area contributed by atoms with E-state index in [1.54, 1.807) is 11.8 Å². The maximum absolute atomic E-state index is 13.3. The zero-order valence-electron chi connectivity index (χ0n) is 13.2. The van der Waals surface area contributed by atoms with E-state index in [1.807, 2.05) is 54.6 Å². The summed E-state index contributed by atoms with van der Waals surface area (Å²) < 4.78 is 0. The highest BCUT2D eigenvalue weighted by atomic mass is 35.5. The molecule has 0 aromatic heterocycles. The largest absolute Gasteiger partial charge is 0.289 e. The summed E-state index contributed by atoms with van der Waals surface area (Å²) in [4.78, 5) is 14.4. The van der Waals surface area contributed by atoms with E-state index in [9.17, 15) is 4.79 Å². The van der Waals surface area contributed by atoms with Gasteiger partial charge in [-0.05, 0) is 46.5 Å². The third-order valence-electron chi connectivity index (χ3n) is 4.78. The van der Waals surface area contributed by atoms with Gasteiger partial charge in [-0.2, -0.15) is 0 Å². The predicted molar refractivity (Wildman–Crippen MR) is 103 cm³/mol. The molecule has 5 rings (SSSR count). The lowest BCUT2D eigenvalue weighted by Crippen LogP contribution is -2.14. The maximum Gasteiger partial charge on any atom is 0.192 e. The lowest BCUT2D eigenvalue weighted by Gasteiger charge is -2.23. The first-order chi connectivity index (χ1) is 12.2. The Labute approximate surface area is 155 Å². The van der Waals surface area contributed by atoms with Gasteiger partial charge in [-0.15, -0.1) is 11.8 Å². The van der Waals surface area contributed by atoms with Crippen LogP contribution in [0.2, 0.25) is 5.02 Å². The summed E-state index contributed by atoms with van der Waals surface area (Å²) in [5.41, 5.74) is 6.02. The van der Waals surface area contributed by atoms with Gasteiger partial charge < -0.3 is 0 Å². The average molecular weight is 361 g/mol. The Bertz CT molecular complexity index is 1050. The molecular formula is C22H13ClOS. The molecule has 0 N–H and O–H groups in total. The van der Waals surface area contributed by atoms with Gasteiger partial charge in [-0.3, -0.25) is 4.79 Å². The Morgan fingerprint density at radius 3 is 2.44 bits per heavy atom. The molecule has 1 heterocycles. The fourth-order valence-electron chi connectivity index (χ4n) is 3.71. The van der Waals surface area contributed by atoms with Crippen LogP contribution in [0.1, 0.15) is 32.3 Å². The standard InChI is InChI=1S/C22H13ClOS/c23-14-10-11-15-17(12-14)19(13-6-2-1-3-7-13)20-21(24)16-8-4-5-9-18(16)25-22(15)20/h1-12,22H/t22-/m0/s1. The van der Waals surface area contributed by atoms with Gasteiger partial charge >= 0.3 is 0 Å². The van der Waals surface area contributed by atoms with Crippen LogP contribution in [0.3, 0.4) is 0 Å². The van der Waals surface area contributed by atoms with E-state index in [-0.39, 0.29) is 11.0 Å². The van der Waals surface area contributed by atoms with Crippen molar-refractivity contribution in [3.63, 3.8) is 0 Å². The molecule has 0 fully saturated rings. The highest BCUT2D eigenvalue weighted by Crippen LogP contribution is 2.56. The Balaban J connectivity index is 1.83. The summed E-state index contributed by atoms with van der Waals surface area (Å²) in [7, 11) is 0. The van der Waals surface area contributed by atoms with Crippen LogP contribution in [0, 0.1) is 0 Å². The lowest BCUT2D eigenvalue weighted by molar-refractivity contribution is 0.102. The van der Waals surface area contributed by atoms with E-state index in [0.717, 1.165) is 32.7 Å². The summed E-state index contributed by atoms with van der Waals surface area (Å²) in [6, 6.07) is 24.0. The molecule has 3 aromatic rings. The first-order valence-electron chi connectivity index (χ1n) is 8.14. The number of benzene rings is 3. The second kappa shape index (κ2) is 5.62. The highest BCUT2D eigenvalue weighted by molar-refractivity contribution is 8.00. The Morgan fingerprint density at radius 2 is 1.60 bits per heavy atom. The van der Waals surface area contributed by atoms with Crippen LogP contribution >= 0.6 is 23.4 Å².